The van der Waals surface area contributed by atoms with Crippen LogP contribution in [-0.2, 0) is 29.3 Å². The van der Waals surface area contributed by atoms with E-state index in [0.717, 1.165) is 38.6 Å². The van der Waals surface area contributed by atoms with Crippen molar-refractivity contribution in [3.05, 3.63) is 117 Å². The Morgan fingerprint density at radius 1 is 0.333 bits per heavy atom. The normalized spacial score (nSPS) is 12.9. The van der Waals surface area contributed by atoms with Gasteiger partial charge in [0.1, 0.15) is 9.84 Å². The average Bonchev–Trinajstić information content (AvgIpc) is 1.04. The number of fused-ring (bicyclic) bond motifs is 4. The zero-order valence-corrected chi connectivity index (χ0v) is 51.9. The molecule has 2 amide bonds. The molecule has 0 fully saturated rings. The number of amides is 2. The summed E-state index contributed by atoms with van der Waals surface area (Å²) < 4.78 is 51.3. The molecule has 4 aromatic rings. The topological polar surface area (TPSA) is 219 Å². The molecule has 0 bridgehead atoms. The third-order valence-electron chi connectivity index (χ3n) is 16.3. The summed E-state index contributed by atoms with van der Waals surface area (Å²) in [6.07, 6.45) is 29.3. The highest BCUT2D eigenvalue weighted by Crippen LogP contribution is 2.44. The molecule has 0 atom stereocenters. The largest absolute Gasteiger partial charge is 0.325 e. The molecular weight excluding hydrogens is 1100 g/mol. The number of nitrogens with one attached hydrogen (secondary N) is 4. The SMILES string of the molecule is CCCCCCCCCCCCCCCS(=O)(=O)CCCNCC(=O)Nc1ccc(-c2ccc(NC(=O)CCCCCS(=O)(=O)CCNCCCCCCCCCCCC)c3c2C(=O)c2ccccc2C3=O)c2c1C(=O)c1ccccc1C2=O. The highest BCUT2D eigenvalue weighted by Gasteiger charge is 2.39. The highest BCUT2D eigenvalue weighted by molar-refractivity contribution is 7.91. The quantitative estimate of drug-likeness (QED) is 0.0263. The van der Waals surface area contributed by atoms with Crippen LogP contribution < -0.4 is 21.3 Å². The van der Waals surface area contributed by atoms with Crippen LogP contribution in [0.5, 0.6) is 0 Å². The van der Waals surface area contributed by atoms with Crippen LogP contribution in [0.4, 0.5) is 11.4 Å². The van der Waals surface area contributed by atoms with Gasteiger partial charge in [0, 0.05) is 46.3 Å². The standard InChI is InChI=1S/C68H94N4O10S2/c1-3-5-7-9-11-13-15-16-17-19-21-23-31-46-83(79,80)48-33-44-70-50-60(74)72-58-42-40-52(62-64(58)68(78)56-37-29-27-35-54(56)66(62)76)51-39-41-57(63-61(51)65(75)53-34-26-28-36-55(53)67(63)77)71-59(73)38-25-24-32-47-84(81,82)49-45-69-43-30-22-20-18-14-12-10-8-6-4-2/h26-29,34-37,39-42,69-70H,3-25,30-33,38,43-50H2,1-2H3,(H,71,73)(H,72,74). The molecule has 0 saturated carbocycles. The predicted molar refractivity (Wildman–Crippen MR) is 339 cm³/mol. The van der Waals surface area contributed by atoms with Crippen LogP contribution in [0.3, 0.4) is 0 Å². The third-order valence-corrected chi connectivity index (χ3v) is 19.9. The summed E-state index contributed by atoms with van der Waals surface area (Å²) in [7, 11) is -6.53. The number of hydrogen-bond acceptors (Lipinski definition) is 12. The number of anilines is 2. The molecule has 4 aromatic carbocycles. The molecule has 458 valence electrons. The minimum absolute atomic E-state index is 0.00434. The smallest absolute Gasteiger partial charge is 0.238 e. The minimum atomic E-state index is -3.28. The van der Waals surface area contributed by atoms with Crippen molar-refractivity contribution in [1.82, 2.24) is 10.6 Å². The molecule has 84 heavy (non-hydrogen) atoms. The van der Waals surface area contributed by atoms with Crippen LogP contribution >= 0.6 is 0 Å². The summed E-state index contributed by atoms with van der Waals surface area (Å²) in [5.74, 6) is -2.87. The Morgan fingerprint density at radius 3 is 1.12 bits per heavy atom. The predicted octanol–water partition coefficient (Wildman–Crippen LogP) is 13.8. The lowest BCUT2D eigenvalue weighted by Crippen LogP contribution is -2.31. The van der Waals surface area contributed by atoms with Gasteiger partial charge in [0.2, 0.25) is 11.8 Å². The zero-order valence-electron chi connectivity index (χ0n) is 50.3. The van der Waals surface area contributed by atoms with Gasteiger partial charge in [0.05, 0.1) is 52.1 Å². The van der Waals surface area contributed by atoms with E-state index in [9.17, 15) is 45.6 Å². The number of ketones is 4. The van der Waals surface area contributed by atoms with E-state index >= 15 is 0 Å². The minimum Gasteiger partial charge on any atom is -0.325 e. The van der Waals surface area contributed by atoms with Crippen molar-refractivity contribution in [2.45, 2.75) is 194 Å². The first kappa shape index (κ1) is 67.4. The maximum absolute atomic E-state index is 14.7. The second-order valence-electron chi connectivity index (χ2n) is 23.1. The molecule has 0 heterocycles. The van der Waals surface area contributed by atoms with Crippen molar-refractivity contribution < 1.29 is 45.6 Å². The molecule has 6 rings (SSSR count). The molecule has 14 nitrogen and oxygen atoms in total. The van der Waals surface area contributed by atoms with Crippen molar-refractivity contribution >= 4 is 66.0 Å². The molecule has 0 unspecified atom stereocenters. The maximum Gasteiger partial charge on any atom is 0.238 e. The molecule has 4 N–H and O–H groups in total. The van der Waals surface area contributed by atoms with E-state index in [-0.39, 0.29) is 110 Å². The summed E-state index contributed by atoms with van der Waals surface area (Å²) in [6.45, 7) is 5.72. The van der Waals surface area contributed by atoms with Crippen molar-refractivity contribution in [1.29, 1.82) is 0 Å². The highest BCUT2D eigenvalue weighted by atomic mass is 32.2. The Balaban J connectivity index is 1.04. The number of carbonyl (C=O) groups excluding carboxylic acids is 6. The monoisotopic (exact) mass is 1190 g/mol. The Bertz CT molecular complexity index is 2880. The van der Waals surface area contributed by atoms with E-state index in [0.29, 0.717) is 38.6 Å². The second kappa shape index (κ2) is 35.7. The van der Waals surface area contributed by atoms with Gasteiger partial charge >= 0.3 is 0 Å². The Labute approximate surface area is 501 Å². The van der Waals surface area contributed by atoms with Crippen LogP contribution in [0.2, 0.25) is 0 Å². The summed E-state index contributed by atoms with van der Waals surface area (Å²) in [4.78, 5) is 85.5. The Morgan fingerprint density at radius 2 is 0.679 bits per heavy atom. The summed E-state index contributed by atoms with van der Waals surface area (Å²) in [5, 5.41) is 11.9. The number of benzene rings is 4. The number of hydrogen-bond donors (Lipinski definition) is 4. The molecule has 2 aliphatic rings. The molecule has 2 aliphatic carbocycles. The van der Waals surface area contributed by atoms with Gasteiger partial charge in [0.25, 0.3) is 0 Å². The molecule has 0 spiro atoms. The fourth-order valence-corrected chi connectivity index (χ4v) is 14.3. The van der Waals surface area contributed by atoms with Crippen LogP contribution in [0, 0.1) is 0 Å². The van der Waals surface area contributed by atoms with Crippen molar-refractivity contribution in [2.24, 2.45) is 0 Å². The van der Waals surface area contributed by atoms with Gasteiger partial charge in [-0.2, -0.15) is 0 Å². The summed E-state index contributed by atoms with van der Waals surface area (Å²) >= 11 is 0. The molecular formula is C68H94N4O10S2. The number of unbranched alkanes of at least 4 members (excludes halogenated alkanes) is 23. The summed E-state index contributed by atoms with van der Waals surface area (Å²) in [5.41, 5.74) is 0.718. The van der Waals surface area contributed by atoms with Gasteiger partial charge in [0.15, 0.2) is 33.0 Å². The Hall–Kier alpha value is -5.68. The van der Waals surface area contributed by atoms with Crippen LogP contribution in [0.15, 0.2) is 72.8 Å². The first-order valence-electron chi connectivity index (χ1n) is 31.8. The average molecular weight is 1190 g/mol. The maximum atomic E-state index is 14.7. The van der Waals surface area contributed by atoms with Gasteiger partial charge in [-0.05, 0) is 68.5 Å². The van der Waals surface area contributed by atoms with E-state index < -0.39 is 54.6 Å². The fourth-order valence-electron chi connectivity index (χ4n) is 11.5. The lowest BCUT2D eigenvalue weighted by Gasteiger charge is -2.26. The molecule has 0 saturated heterocycles. The van der Waals surface area contributed by atoms with Crippen molar-refractivity contribution in [3.63, 3.8) is 0 Å². The zero-order chi connectivity index (χ0) is 60.2. The van der Waals surface area contributed by atoms with E-state index in [4.69, 9.17) is 0 Å². The fraction of sp³-hybridized carbons (Fsp3) is 0.559. The first-order chi connectivity index (χ1) is 40.7. The molecule has 0 aliphatic heterocycles. The first-order valence-corrected chi connectivity index (χ1v) is 35.5. The van der Waals surface area contributed by atoms with E-state index in [2.05, 4.69) is 35.1 Å². The summed E-state index contributed by atoms with van der Waals surface area (Å²) in [6, 6.07) is 18.8. The molecule has 0 aromatic heterocycles. The number of sulfone groups is 2. The molecule has 16 heteroatoms. The van der Waals surface area contributed by atoms with Crippen molar-refractivity contribution in [3.8, 4) is 11.1 Å². The lowest BCUT2D eigenvalue weighted by molar-refractivity contribution is -0.116. The third kappa shape index (κ3) is 20.8. The van der Waals surface area contributed by atoms with Gasteiger partial charge in [-0.15, -0.1) is 0 Å². The van der Waals surface area contributed by atoms with Gasteiger partial charge in [-0.3, -0.25) is 28.8 Å². The van der Waals surface area contributed by atoms with Crippen molar-refractivity contribution in [2.75, 3.05) is 59.8 Å². The second-order valence-corrected chi connectivity index (χ2v) is 27.8. The number of rotatable bonds is 43. The van der Waals surface area contributed by atoms with Crippen LogP contribution in [0.1, 0.15) is 257 Å². The van der Waals surface area contributed by atoms with E-state index in [1.807, 2.05) is 0 Å². The van der Waals surface area contributed by atoms with Crippen LogP contribution in [-0.4, -0.2) is 101 Å². The van der Waals surface area contributed by atoms with E-state index in [1.165, 1.54) is 152 Å². The Kier molecular flexibility index (Phi) is 28.7. The molecule has 0 radical (unpaired) electrons. The van der Waals surface area contributed by atoms with Gasteiger partial charge in [-0.1, -0.05) is 216 Å². The number of carbonyl (C=O) groups is 6. The van der Waals surface area contributed by atoms with E-state index in [1.54, 1.807) is 30.3 Å². The van der Waals surface area contributed by atoms with Gasteiger partial charge in [-0.25, -0.2) is 16.8 Å². The van der Waals surface area contributed by atoms with Gasteiger partial charge < -0.3 is 21.3 Å². The lowest BCUT2D eigenvalue weighted by atomic mass is 9.75. The van der Waals surface area contributed by atoms with Crippen LogP contribution in [0.25, 0.3) is 11.1 Å².